The Labute approximate surface area is 294 Å². The van der Waals surface area contributed by atoms with E-state index in [4.69, 9.17) is 4.84 Å². The molecule has 0 amide bonds. The Morgan fingerprint density at radius 3 is 2.16 bits per heavy atom. The summed E-state index contributed by atoms with van der Waals surface area (Å²) in [6.07, 6.45) is 3.34. The molecule has 0 bridgehead atoms. The van der Waals surface area contributed by atoms with Crippen molar-refractivity contribution in [1.29, 1.82) is 0 Å². The van der Waals surface area contributed by atoms with Crippen molar-refractivity contribution >= 4 is 50.0 Å². The van der Waals surface area contributed by atoms with Crippen LogP contribution in [0.4, 0.5) is 0 Å². The molecule has 0 saturated carbocycles. The number of aryl methyl sites for hydroxylation is 3. The fourth-order valence-corrected chi connectivity index (χ4v) is 7.52. The van der Waals surface area contributed by atoms with Crippen LogP contribution in [0.5, 0.6) is 0 Å². The molecule has 0 spiro atoms. The molecule has 0 aliphatic rings. The maximum Gasteiger partial charge on any atom is 0.331 e. The number of benzene rings is 5. The van der Waals surface area contributed by atoms with Gasteiger partial charge in [-0.15, -0.1) is 0 Å². The first-order chi connectivity index (χ1) is 24.1. The lowest BCUT2D eigenvalue weighted by molar-refractivity contribution is -0.141. The van der Waals surface area contributed by atoms with Crippen molar-refractivity contribution in [2.75, 3.05) is 0 Å². The van der Waals surface area contributed by atoms with Gasteiger partial charge in [-0.3, -0.25) is 4.79 Å². The second-order valence-corrected chi connectivity index (χ2v) is 13.6. The third-order valence-electron chi connectivity index (χ3n) is 9.94. The molecule has 0 aliphatic carbocycles. The van der Waals surface area contributed by atoms with Crippen molar-refractivity contribution in [1.82, 2.24) is 4.57 Å². The zero-order valence-corrected chi connectivity index (χ0v) is 29.9. The molecule has 0 saturated heterocycles. The lowest BCUT2D eigenvalue weighted by atomic mass is 9.89. The fraction of sp³-hybridized carbons (Fsp3) is 0.295. The van der Waals surface area contributed by atoms with E-state index in [9.17, 15) is 14.7 Å². The predicted octanol–water partition coefficient (Wildman–Crippen LogP) is 10.3. The number of hydrogen-bond donors (Lipinski definition) is 1. The van der Waals surface area contributed by atoms with Crippen LogP contribution in [0, 0.1) is 26.7 Å². The van der Waals surface area contributed by atoms with Crippen LogP contribution in [0.25, 0.3) is 32.6 Å². The van der Waals surface area contributed by atoms with Crippen LogP contribution in [-0.2, 0) is 16.2 Å². The molecule has 1 heterocycles. The smallest absolute Gasteiger partial charge is 0.331 e. The first-order valence-electron chi connectivity index (χ1n) is 17.7. The summed E-state index contributed by atoms with van der Waals surface area (Å²) in [4.78, 5) is 31.4. The number of carbonyl (C=O) groups is 2. The van der Waals surface area contributed by atoms with Gasteiger partial charge in [0.05, 0.1) is 5.52 Å². The minimum absolute atomic E-state index is 0.00412. The van der Waals surface area contributed by atoms with Gasteiger partial charge in [0.1, 0.15) is 11.8 Å². The highest BCUT2D eigenvalue weighted by molar-refractivity contribution is 6.26. The van der Waals surface area contributed by atoms with Crippen LogP contribution in [0.2, 0.25) is 0 Å². The largest absolute Gasteiger partial charge is 0.382 e. The third-order valence-corrected chi connectivity index (χ3v) is 9.94. The van der Waals surface area contributed by atoms with Gasteiger partial charge < -0.3 is 14.5 Å². The Morgan fingerprint density at radius 1 is 0.820 bits per heavy atom. The Balaban J connectivity index is 1.63. The van der Waals surface area contributed by atoms with Crippen molar-refractivity contribution in [2.45, 2.75) is 79.9 Å². The molecule has 6 nitrogen and oxygen atoms in total. The maximum absolute atomic E-state index is 14.6. The van der Waals surface area contributed by atoms with E-state index in [-0.39, 0.29) is 11.5 Å². The number of carbonyl (C=O) groups excluding carboxylic acids is 2. The first-order valence-corrected chi connectivity index (χ1v) is 17.7. The zero-order valence-electron chi connectivity index (χ0n) is 29.9. The molecule has 6 aromatic rings. The van der Waals surface area contributed by atoms with Crippen molar-refractivity contribution < 1.29 is 19.5 Å². The monoisotopic (exact) mass is 666 g/mol. The van der Waals surface area contributed by atoms with Crippen molar-refractivity contribution in [2.24, 2.45) is 11.1 Å². The molecule has 2 unspecified atom stereocenters. The molecule has 50 heavy (non-hydrogen) atoms. The lowest BCUT2D eigenvalue weighted by Gasteiger charge is -2.19. The molecule has 1 aromatic heterocycles. The highest BCUT2D eigenvalue weighted by atomic mass is 16.7. The second kappa shape index (κ2) is 14.8. The zero-order chi connectivity index (χ0) is 35.5. The van der Waals surface area contributed by atoms with Gasteiger partial charge in [0, 0.05) is 51.8 Å². The number of hydrogen-bond acceptors (Lipinski definition) is 5. The SMILES string of the molecule is CCCCC(CC)Cn1c2ccc(C(O)/C(=N\OC(C)=O)c3ccccc3)cc2c2cc(C(=O)c3c(C)cc(C)cc3C)c3ccccc3c21. The fourth-order valence-electron chi connectivity index (χ4n) is 7.52. The van der Waals surface area contributed by atoms with Crippen LogP contribution in [-0.4, -0.2) is 27.1 Å². The van der Waals surface area contributed by atoms with Gasteiger partial charge in [0.25, 0.3) is 0 Å². The minimum atomic E-state index is -1.17. The highest BCUT2D eigenvalue weighted by Crippen LogP contribution is 2.40. The Kier molecular flexibility index (Phi) is 10.3. The number of nitrogens with zero attached hydrogens (tertiary/aromatic N) is 2. The molecular formula is C44H46N2O4. The van der Waals surface area contributed by atoms with Crippen LogP contribution in [0.3, 0.4) is 0 Å². The van der Waals surface area contributed by atoms with Gasteiger partial charge in [-0.2, -0.15) is 0 Å². The summed E-state index contributed by atoms with van der Waals surface area (Å²) in [5.74, 6) is -0.0808. The van der Waals surface area contributed by atoms with E-state index in [2.05, 4.69) is 66.9 Å². The quantitative estimate of drug-likeness (QED) is 0.0610. The van der Waals surface area contributed by atoms with Crippen molar-refractivity contribution in [3.63, 3.8) is 0 Å². The molecule has 6 heteroatoms. The number of oxime groups is 1. The number of unbranched alkanes of at least 4 members (excludes halogenated alkanes) is 1. The number of ketones is 1. The summed E-state index contributed by atoms with van der Waals surface area (Å²) in [6.45, 7) is 12.7. The third kappa shape index (κ3) is 6.73. The summed E-state index contributed by atoms with van der Waals surface area (Å²) in [5.41, 5.74) is 8.08. The van der Waals surface area contributed by atoms with Gasteiger partial charge in [-0.05, 0) is 73.4 Å². The lowest BCUT2D eigenvalue weighted by Crippen LogP contribution is -2.15. The van der Waals surface area contributed by atoms with Crippen LogP contribution < -0.4 is 0 Å². The molecule has 0 fully saturated rings. The average molecular weight is 667 g/mol. The number of aliphatic hydroxyl groups excluding tert-OH is 1. The molecule has 0 aliphatic heterocycles. The minimum Gasteiger partial charge on any atom is -0.382 e. The Hall–Kier alpha value is -5.07. The second-order valence-electron chi connectivity index (χ2n) is 13.6. The molecule has 1 N–H and O–H groups in total. The van der Waals surface area contributed by atoms with Crippen molar-refractivity contribution in [3.05, 3.63) is 130 Å². The van der Waals surface area contributed by atoms with Crippen LogP contribution in [0.1, 0.15) is 96.3 Å². The molecular weight excluding hydrogens is 620 g/mol. The van der Waals surface area contributed by atoms with E-state index in [1.54, 1.807) is 0 Å². The molecule has 0 radical (unpaired) electrons. The van der Waals surface area contributed by atoms with E-state index < -0.39 is 12.1 Å². The van der Waals surface area contributed by atoms with E-state index >= 15 is 0 Å². The topological polar surface area (TPSA) is 80.9 Å². The number of aromatic nitrogens is 1. The summed E-state index contributed by atoms with van der Waals surface area (Å²) in [6, 6.07) is 29.7. The van der Waals surface area contributed by atoms with Gasteiger partial charge in [-0.1, -0.05) is 117 Å². The van der Waals surface area contributed by atoms with E-state index in [0.29, 0.717) is 22.6 Å². The number of rotatable bonds is 12. The van der Waals surface area contributed by atoms with Gasteiger partial charge in [0.2, 0.25) is 0 Å². The van der Waals surface area contributed by atoms with Crippen LogP contribution >= 0.6 is 0 Å². The predicted molar refractivity (Wildman–Crippen MR) is 204 cm³/mol. The van der Waals surface area contributed by atoms with E-state index in [1.165, 1.54) is 13.3 Å². The summed E-state index contributed by atoms with van der Waals surface area (Å²) in [7, 11) is 0. The summed E-state index contributed by atoms with van der Waals surface area (Å²) < 4.78 is 2.43. The molecule has 256 valence electrons. The average Bonchev–Trinajstić information content (AvgIpc) is 3.41. The van der Waals surface area contributed by atoms with E-state index in [1.807, 2.05) is 68.4 Å². The highest BCUT2D eigenvalue weighted by Gasteiger charge is 2.25. The molecule has 5 aromatic carbocycles. The molecule has 6 rings (SSSR count). The van der Waals surface area contributed by atoms with Gasteiger partial charge >= 0.3 is 5.97 Å². The molecule has 2 atom stereocenters. The Morgan fingerprint density at radius 2 is 1.50 bits per heavy atom. The summed E-state index contributed by atoms with van der Waals surface area (Å²) in [5, 5.41) is 19.8. The number of aliphatic hydroxyl groups is 1. The number of fused-ring (bicyclic) bond motifs is 5. The van der Waals surface area contributed by atoms with Gasteiger partial charge in [-0.25, -0.2) is 4.79 Å². The Bertz CT molecular complexity index is 2220. The normalized spacial score (nSPS) is 13.2. The van der Waals surface area contributed by atoms with Crippen molar-refractivity contribution in [3.8, 4) is 0 Å². The van der Waals surface area contributed by atoms with Gasteiger partial charge in [0.15, 0.2) is 5.78 Å². The van der Waals surface area contributed by atoms with E-state index in [0.717, 1.165) is 80.6 Å². The van der Waals surface area contributed by atoms with Crippen LogP contribution in [0.15, 0.2) is 96.2 Å². The summed E-state index contributed by atoms with van der Waals surface area (Å²) >= 11 is 0. The first kappa shape index (κ1) is 34.8. The maximum atomic E-state index is 14.6. The standard InChI is InChI=1S/C44H46N2O4/c1-7-9-15-31(8-2)26-46-39-21-20-33(43(48)41(45-50-30(6)47)32-16-11-10-12-17-32)24-36(39)37-25-38(34-18-13-14-19-35(34)42(37)46)44(49)40-28(4)22-27(3)23-29(40)5/h10-14,16-25,31,43,48H,7-9,15,26H2,1-6H3/b45-41-.